The molecule has 0 radical (unpaired) electrons. The van der Waals surface area contributed by atoms with E-state index in [1.165, 1.54) is 12.3 Å². The molecule has 5 rings (SSSR count). The van der Waals surface area contributed by atoms with Crippen molar-refractivity contribution in [1.29, 1.82) is 4.78 Å². The van der Waals surface area contributed by atoms with Gasteiger partial charge in [-0.05, 0) is 30.3 Å². The van der Waals surface area contributed by atoms with E-state index in [0.29, 0.717) is 52.6 Å². The van der Waals surface area contributed by atoms with Crippen LogP contribution in [0, 0.1) is 4.78 Å². The molecule has 0 spiro atoms. The Labute approximate surface area is 213 Å². The van der Waals surface area contributed by atoms with Gasteiger partial charge in [0.1, 0.15) is 0 Å². The van der Waals surface area contributed by atoms with Crippen molar-refractivity contribution < 1.29 is 9.00 Å². The van der Waals surface area contributed by atoms with Gasteiger partial charge in [0.2, 0.25) is 11.9 Å². The van der Waals surface area contributed by atoms with Crippen molar-refractivity contribution in [3.05, 3.63) is 72.5 Å². The SMILES string of the molecule is C=CC(=O)Nc1cc(N2CCS(=N)(=O)CC2)ccc1Nc1ncc(Cl)c(-c2c[nH]c3ccccc23)n1. The summed E-state index contributed by atoms with van der Waals surface area (Å²) >= 11 is 6.46. The van der Waals surface area contributed by atoms with Gasteiger partial charge in [-0.25, -0.2) is 14.2 Å². The van der Waals surface area contributed by atoms with Gasteiger partial charge in [0, 0.05) is 62.7 Å². The van der Waals surface area contributed by atoms with E-state index >= 15 is 0 Å². The first kappa shape index (κ1) is 23.8. The number of nitrogens with one attached hydrogen (secondary N) is 4. The van der Waals surface area contributed by atoms with Crippen molar-refractivity contribution in [3.63, 3.8) is 0 Å². The van der Waals surface area contributed by atoms with Crippen LogP contribution in [0.2, 0.25) is 5.02 Å². The lowest BCUT2D eigenvalue weighted by atomic mass is 10.1. The lowest BCUT2D eigenvalue weighted by Crippen LogP contribution is -2.39. The molecule has 9 nitrogen and oxygen atoms in total. The fourth-order valence-corrected chi connectivity index (χ4v) is 5.54. The summed E-state index contributed by atoms with van der Waals surface area (Å²) in [6, 6.07) is 13.4. The lowest BCUT2D eigenvalue weighted by Gasteiger charge is -2.30. The number of carbonyl (C=O) groups is 1. The van der Waals surface area contributed by atoms with Crippen molar-refractivity contribution in [3.8, 4) is 11.3 Å². The number of para-hydroxylation sites is 1. The minimum Gasteiger partial charge on any atom is -0.370 e. The van der Waals surface area contributed by atoms with Crippen LogP contribution in [-0.2, 0) is 14.5 Å². The molecule has 1 fully saturated rings. The molecule has 4 aromatic rings. The van der Waals surface area contributed by atoms with E-state index < -0.39 is 9.73 Å². The predicted octanol–water partition coefficient (Wildman–Crippen LogP) is 5.01. The first-order valence-corrected chi connectivity index (χ1v) is 13.5. The molecule has 4 N–H and O–H groups in total. The minimum absolute atomic E-state index is 0.313. The van der Waals surface area contributed by atoms with Crippen LogP contribution in [0.5, 0.6) is 0 Å². The molecule has 2 aromatic heterocycles. The fraction of sp³-hybridized carbons (Fsp3) is 0.160. The summed E-state index contributed by atoms with van der Waals surface area (Å²) in [5.41, 5.74) is 4.36. The van der Waals surface area contributed by atoms with Crippen LogP contribution >= 0.6 is 11.6 Å². The highest BCUT2D eigenvalue weighted by atomic mass is 35.5. The molecule has 0 unspecified atom stereocenters. The van der Waals surface area contributed by atoms with E-state index in [-0.39, 0.29) is 5.91 Å². The van der Waals surface area contributed by atoms with Crippen molar-refractivity contribution in [2.45, 2.75) is 0 Å². The number of hydrogen-bond donors (Lipinski definition) is 4. The Bertz CT molecular complexity index is 1570. The second kappa shape index (κ2) is 9.63. The highest BCUT2D eigenvalue weighted by molar-refractivity contribution is 7.92. The standard InChI is InChI=1S/C25H24ClN7O2S/c1-2-23(34)30-22-13-16(33-9-11-36(27,35)12-10-33)7-8-21(22)31-25-29-15-19(26)24(32-25)18-14-28-20-6-4-3-5-17(18)20/h2-8,13-15,27-28H,1,9-12H2,(H,30,34)(H,29,31,32). The zero-order valence-electron chi connectivity index (χ0n) is 19.3. The zero-order chi connectivity index (χ0) is 25.3. The molecule has 1 aliphatic rings. The van der Waals surface area contributed by atoms with Crippen molar-refractivity contribution in [1.82, 2.24) is 15.0 Å². The molecule has 36 heavy (non-hydrogen) atoms. The maximum absolute atomic E-state index is 12.2. The Morgan fingerprint density at radius 2 is 1.97 bits per heavy atom. The monoisotopic (exact) mass is 521 g/mol. The second-order valence-electron chi connectivity index (χ2n) is 8.39. The van der Waals surface area contributed by atoms with E-state index in [0.717, 1.165) is 22.2 Å². The van der Waals surface area contributed by atoms with E-state index in [1.54, 1.807) is 0 Å². The second-order valence-corrected chi connectivity index (χ2v) is 11.2. The van der Waals surface area contributed by atoms with E-state index in [1.807, 2.05) is 48.7 Å². The summed E-state index contributed by atoms with van der Waals surface area (Å²) in [5, 5.41) is 7.42. The Morgan fingerprint density at radius 3 is 2.75 bits per heavy atom. The smallest absolute Gasteiger partial charge is 0.247 e. The summed E-state index contributed by atoms with van der Waals surface area (Å²) in [4.78, 5) is 26.4. The minimum atomic E-state index is -2.51. The van der Waals surface area contributed by atoms with Crippen LogP contribution in [-0.4, -0.2) is 49.7 Å². The maximum atomic E-state index is 12.2. The average molecular weight is 522 g/mol. The third-order valence-corrected chi connectivity index (χ3v) is 7.99. The van der Waals surface area contributed by atoms with Gasteiger partial charge in [-0.1, -0.05) is 36.4 Å². The van der Waals surface area contributed by atoms with Gasteiger partial charge in [-0.3, -0.25) is 9.57 Å². The van der Waals surface area contributed by atoms with Gasteiger partial charge in [0.25, 0.3) is 0 Å². The number of nitrogens with zero attached hydrogens (tertiary/aromatic N) is 3. The number of rotatable bonds is 6. The fourth-order valence-electron chi connectivity index (χ4n) is 4.12. The molecule has 0 aliphatic carbocycles. The van der Waals surface area contributed by atoms with Crippen LogP contribution < -0.4 is 15.5 Å². The molecule has 1 saturated heterocycles. The number of amides is 1. The molecular formula is C25H24ClN7O2S. The zero-order valence-corrected chi connectivity index (χ0v) is 20.8. The normalized spacial score (nSPS) is 15.0. The van der Waals surface area contributed by atoms with E-state index in [2.05, 4.69) is 37.1 Å². The summed E-state index contributed by atoms with van der Waals surface area (Å²) in [6.07, 6.45) is 4.60. The van der Waals surface area contributed by atoms with Crippen LogP contribution in [0.1, 0.15) is 0 Å². The van der Waals surface area contributed by atoms with Crippen molar-refractivity contribution in [2.24, 2.45) is 0 Å². The van der Waals surface area contributed by atoms with E-state index in [9.17, 15) is 9.00 Å². The maximum Gasteiger partial charge on any atom is 0.247 e. The quantitative estimate of drug-likeness (QED) is 0.264. The van der Waals surface area contributed by atoms with Crippen LogP contribution in [0.25, 0.3) is 22.2 Å². The molecule has 0 bridgehead atoms. The van der Waals surface area contributed by atoms with Gasteiger partial charge in [0.15, 0.2) is 0 Å². The van der Waals surface area contributed by atoms with Crippen LogP contribution in [0.3, 0.4) is 0 Å². The van der Waals surface area contributed by atoms with E-state index in [4.69, 9.17) is 16.4 Å². The molecule has 1 aliphatic heterocycles. The number of aromatic nitrogens is 3. The molecule has 2 aromatic carbocycles. The number of benzene rings is 2. The number of anilines is 4. The third-order valence-electron chi connectivity index (χ3n) is 6.03. The van der Waals surface area contributed by atoms with Crippen LogP contribution in [0.15, 0.2) is 67.5 Å². The predicted molar refractivity (Wildman–Crippen MR) is 146 cm³/mol. The number of halogens is 1. The lowest BCUT2D eigenvalue weighted by molar-refractivity contribution is -0.111. The summed E-state index contributed by atoms with van der Waals surface area (Å²) < 4.78 is 19.9. The van der Waals surface area contributed by atoms with Gasteiger partial charge >= 0.3 is 0 Å². The highest BCUT2D eigenvalue weighted by Crippen LogP contribution is 2.34. The molecule has 1 amide bonds. The summed E-state index contributed by atoms with van der Waals surface area (Å²) in [6.45, 7) is 4.56. The van der Waals surface area contributed by atoms with Crippen molar-refractivity contribution >= 4 is 61.2 Å². The Hall–Kier alpha value is -3.89. The number of aromatic amines is 1. The average Bonchev–Trinajstić information content (AvgIpc) is 3.30. The van der Waals surface area contributed by atoms with Gasteiger partial charge in [-0.2, -0.15) is 0 Å². The summed E-state index contributed by atoms with van der Waals surface area (Å²) in [5.74, 6) is 0.584. The molecule has 0 saturated carbocycles. The first-order valence-electron chi connectivity index (χ1n) is 11.3. The Balaban J connectivity index is 1.47. The van der Waals surface area contributed by atoms with Crippen LogP contribution in [0.4, 0.5) is 23.0 Å². The largest absolute Gasteiger partial charge is 0.370 e. The molecule has 184 valence electrons. The molecule has 11 heteroatoms. The van der Waals surface area contributed by atoms with Gasteiger partial charge in [0.05, 0.1) is 28.3 Å². The third kappa shape index (κ3) is 4.91. The van der Waals surface area contributed by atoms with Gasteiger partial charge < -0.3 is 20.5 Å². The number of carbonyl (C=O) groups excluding carboxylic acids is 1. The number of fused-ring (bicyclic) bond motifs is 1. The summed E-state index contributed by atoms with van der Waals surface area (Å²) in [7, 11) is -2.51. The van der Waals surface area contributed by atoms with Gasteiger partial charge in [-0.15, -0.1) is 0 Å². The first-order chi connectivity index (χ1) is 17.3. The Kier molecular flexibility index (Phi) is 6.38. The molecular weight excluding hydrogens is 498 g/mol. The number of hydrogen-bond acceptors (Lipinski definition) is 7. The number of H-pyrrole nitrogens is 1. The molecule has 0 atom stereocenters. The van der Waals surface area contributed by atoms with Crippen molar-refractivity contribution in [2.75, 3.05) is 40.1 Å². The molecule has 3 heterocycles. The Morgan fingerprint density at radius 1 is 1.19 bits per heavy atom. The highest BCUT2D eigenvalue weighted by Gasteiger charge is 2.21. The topological polar surface area (TPSA) is 127 Å².